The van der Waals surface area contributed by atoms with Crippen LogP contribution in [-0.4, -0.2) is 16.0 Å². The van der Waals surface area contributed by atoms with Crippen molar-refractivity contribution in [2.24, 2.45) is 0 Å². The number of rotatable bonds is 0. The molecule has 1 nitrogen and oxygen atoms in total. The van der Waals surface area contributed by atoms with Gasteiger partial charge in [-0.05, 0) is 0 Å². The zero-order valence-electron chi connectivity index (χ0n) is 3.19. The molecule has 1 unspecified atom stereocenters. The Kier molecular flexibility index (Phi) is 0.422. The molecule has 1 saturated carbocycles. The van der Waals surface area contributed by atoms with Crippen LogP contribution < -0.4 is 0 Å². The molecule has 5 heavy (non-hydrogen) atoms. The van der Waals surface area contributed by atoms with Crippen molar-refractivity contribution in [3.63, 3.8) is 0 Å². The summed E-state index contributed by atoms with van der Waals surface area (Å²) in [5, 5.41) is 0. The minimum absolute atomic E-state index is 0.483. The van der Waals surface area contributed by atoms with Crippen molar-refractivity contribution in [1.82, 2.24) is 0 Å². The second-order valence-corrected chi connectivity index (χ2v) is 2.97. The molecule has 0 aromatic rings. The highest BCUT2D eigenvalue weighted by Crippen LogP contribution is 2.25. The highest BCUT2D eigenvalue weighted by Gasteiger charge is 2.28. The molecule has 2 heteroatoms. The van der Waals surface area contributed by atoms with Crippen LogP contribution in [0.5, 0.6) is 0 Å². The van der Waals surface area contributed by atoms with E-state index in [2.05, 4.69) is 0 Å². The fourth-order valence-electron chi connectivity index (χ4n) is 0.243. The van der Waals surface area contributed by atoms with Gasteiger partial charge in [-0.25, -0.2) is 0 Å². The minimum atomic E-state index is 0.483. The van der Waals surface area contributed by atoms with Gasteiger partial charge >= 0.3 is 0 Å². The molecule has 0 spiro atoms. The predicted molar refractivity (Wildman–Crippen MR) is 23.3 cm³/mol. The largest absolute Gasteiger partial charge is 0.300 e. The van der Waals surface area contributed by atoms with Gasteiger partial charge in [-0.1, -0.05) is 0 Å². The summed E-state index contributed by atoms with van der Waals surface area (Å²) in [5.41, 5.74) is 0.551. The molecule has 0 N–H and O–H groups in total. The highest BCUT2D eigenvalue weighted by atomic mass is 28.1. The Labute approximate surface area is 33.8 Å². The Hall–Kier alpha value is -0.113. The number of hydrogen-bond acceptors (Lipinski definition) is 1. The Morgan fingerprint density at radius 3 is 2.20 bits per heavy atom. The lowest BCUT2D eigenvalue weighted by Gasteiger charge is -1.51. The van der Waals surface area contributed by atoms with Crippen LogP contribution in [0.25, 0.3) is 0 Å². The first-order valence-electron chi connectivity index (χ1n) is 1.83. The topological polar surface area (TPSA) is 17.1 Å². The molecule has 28 valence electrons. The van der Waals surface area contributed by atoms with Crippen LogP contribution in [0.1, 0.15) is 6.42 Å². The zero-order valence-corrected chi connectivity index (χ0v) is 5.19. The zero-order chi connectivity index (χ0) is 3.86. The first-order valence-corrected chi connectivity index (χ1v) is 2.99. The maximum atomic E-state index is 9.92. The first kappa shape index (κ1) is 3.09. The third-order valence-corrected chi connectivity index (χ3v) is 1.95. The Morgan fingerprint density at radius 2 is 2.20 bits per heavy atom. The monoisotopic (exact) mass is 86.0 g/mol. The quantitative estimate of drug-likeness (QED) is 0.350. The molecule has 1 atom stereocenters. The minimum Gasteiger partial charge on any atom is -0.300 e. The van der Waals surface area contributed by atoms with Gasteiger partial charge in [-0.15, -0.1) is 0 Å². The SMILES string of the molecule is O=C1CC1[SiH3]. The Bertz CT molecular complexity index is 69.3. The second-order valence-electron chi connectivity index (χ2n) is 1.57. The summed E-state index contributed by atoms with van der Waals surface area (Å²) < 4.78 is 0. The Morgan fingerprint density at radius 1 is 2.00 bits per heavy atom. The van der Waals surface area contributed by atoms with E-state index in [4.69, 9.17) is 0 Å². The summed E-state index contributed by atoms with van der Waals surface area (Å²) in [5.74, 6) is 0.483. The average Bonchev–Trinajstić information content (AvgIpc) is 1.79. The van der Waals surface area contributed by atoms with Crippen molar-refractivity contribution in [1.29, 1.82) is 0 Å². The van der Waals surface area contributed by atoms with Gasteiger partial charge < -0.3 is 0 Å². The molecule has 0 aromatic carbocycles. The number of ketones is 1. The maximum Gasteiger partial charge on any atom is 0.133 e. The molecule has 0 bridgehead atoms. The van der Waals surface area contributed by atoms with Crippen molar-refractivity contribution in [2.45, 2.75) is 12.0 Å². The van der Waals surface area contributed by atoms with Crippen LogP contribution in [0.4, 0.5) is 0 Å². The molecule has 0 heterocycles. The molecule has 1 rings (SSSR count). The number of carbonyl (C=O) groups is 1. The molecule has 0 amide bonds. The lowest BCUT2D eigenvalue weighted by molar-refractivity contribution is -0.109. The van der Waals surface area contributed by atoms with Gasteiger partial charge in [0.1, 0.15) is 5.78 Å². The average molecular weight is 86.2 g/mol. The van der Waals surface area contributed by atoms with E-state index in [0.717, 1.165) is 16.7 Å². The third-order valence-electron chi connectivity index (χ3n) is 0.897. The van der Waals surface area contributed by atoms with Crippen LogP contribution in [0.3, 0.4) is 0 Å². The smallest absolute Gasteiger partial charge is 0.133 e. The molecule has 0 aliphatic heterocycles. The molecule has 0 radical (unpaired) electrons. The van der Waals surface area contributed by atoms with Crippen LogP contribution in [0.15, 0.2) is 0 Å². The first-order chi connectivity index (χ1) is 2.30. The predicted octanol–water partition coefficient (Wildman–Crippen LogP) is -0.887. The fourth-order valence-corrected chi connectivity index (χ4v) is 0.645. The van der Waals surface area contributed by atoms with Crippen molar-refractivity contribution in [2.75, 3.05) is 0 Å². The molecule has 1 aliphatic rings. The van der Waals surface area contributed by atoms with E-state index in [1.165, 1.54) is 0 Å². The summed E-state index contributed by atoms with van der Waals surface area (Å²) in [7, 11) is 1.09. The Balaban J connectivity index is 2.47. The summed E-state index contributed by atoms with van der Waals surface area (Å²) in [6.07, 6.45) is 0.895. The molecule has 1 fully saturated rings. The van der Waals surface area contributed by atoms with Gasteiger partial charge in [0.25, 0.3) is 0 Å². The standard InChI is InChI=1S/C3H6OSi/c4-2-1-3(2)5/h3H,1H2,5H3. The fraction of sp³-hybridized carbons (Fsp3) is 0.667. The van der Waals surface area contributed by atoms with Crippen molar-refractivity contribution in [3.8, 4) is 0 Å². The maximum absolute atomic E-state index is 9.92. The van der Waals surface area contributed by atoms with Crippen molar-refractivity contribution < 1.29 is 4.79 Å². The summed E-state index contributed by atoms with van der Waals surface area (Å²) in [4.78, 5) is 9.92. The van der Waals surface area contributed by atoms with Gasteiger partial charge in [0.2, 0.25) is 0 Å². The van der Waals surface area contributed by atoms with E-state index < -0.39 is 0 Å². The van der Waals surface area contributed by atoms with Crippen molar-refractivity contribution >= 4 is 16.0 Å². The van der Waals surface area contributed by atoms with Crippen molar-refractivity contribution in [3.05, 3.63) is 0 Å². The summed E-state index contributed by atoms with van der Waals surface area (Å²) in [6.45, 7) is 0. The summed E-state index contributed by atoms with van der Waals surface area (Å²) >= 11 is 0. The highest BCUT2D eigenvalue weighted by molar-refractivity contribution is 6.33. The molecule has 1 aliphatic carbocycles. The summed E-state index contributed by atoms with van der Waals surface area (Å²) in [6, 6.07) is 0. The second kappa shape index (κ2) is 0.683. The number of Topliss-reactive ketones (excluding diaryl/α,β-unsaturated/α-hetero) is 1. The number of hydrogen-bond donors (Lipinski definition) is 0. The van der Waals surface area contributed by atoms with E-state index in [0.29, 0.717) is 11.3 Å². The normalized spacial score (nSPS) is 35.2. The van der Waals surface area contributed by atoms with E-state index in [-0.39, 0.29) is 0 Å². The van der Waals surface area contributed by atoms with E-state index in [9.17, 15) is 4.79 Å². The van der Waals surface area contributed by atoms with E-state index >= 15 is 0 Å². The van der Waals surface area contributed by atoms with Gasteiger partial charge in [-0.2, -0.15) is 0 Å². The van der Waals surface area contributed by atoms with E-state index in [1.54, 1.807) is 0 Å². The number of carbonyl (C=O) groups excluding carboxylic acids is 1. The van der Waals surface area contributed by atoms with Gasteiger partial charge in [0.05, 0.1) is 0 Å². The lowest BCUT2D eigenvalue weighted by atomic mass is 10.9. The van der Waals surface area contributed by atoms with Crippen LogP contribution in [0, 0.1) is 0 Å². The third kappa shape index (κ3) is 0.399. The lowest BCUT2D eigenvalue weighted by Crippen LogP contribution is -1.61. The van der Waals surface area contributed by atoms with Gasteiger partial charge in [-0.3, -0.25) is 4.79 Å². The molecule has 0 saturated heterocycles. The van der Waals surface area contributed by atoms with Gasteiger partial charge in [0.15, 0.2) is 0 Å². The van der Waals surface area contributed by atoms with Crippen LogP contribution in [0.2, 0.25) is 5.54 Å². The van der Waals surface area contributed by atoms with Crippen LogP contribution >= 0.6 is 0 Å². The van der Waals surface area contributed by atoms with E-state index in [1.807, 2.05) is 0 Å². The molecular weight excluding hydrogens is 80.1 g/mol. The van der Waals surface area contributed by atoms with Gasteiger partial charge in [0, 0.05) is 22.2 Å². The molecular formula is C3H6OSi. The molecule has 0 aromatic heterocycles. The van der Waals surface area contributed by atoms with Crippen LogP contribution in [-0.2, 0) is 4.79 Å².